The van der Waals surface area contributed by atoms with Crippen LogP contribution >= 0.6 is 0 Å². The standard InChI is InChI=1S/C14H13F2NO3/c15-9-5-8-7-17(4-1-10(8)11(16)6-9)12(18)14(2-3-14)13(19)20/h5-6H,1-4,7H2,(H,19,20). The summed E-state index contributed by atoms with van der Waals surface area (Å²) in [6.45, 7) is 0.335. The molecular formula is C14H13F2NO3. The third kappa shape index (κ3) is 1.87. The number of carboxylic acids is 1. The summed E-state index contributed by atoms with van der Waals surface area (Å²) in [5.41, 5.74) is -0.470. The number of hydrogen-bond donors (Lipinski definition) is 1. The van der Waals surface area contributed by atoms with Crippen LogP contribution in [0.1, 0.15) is 24.0 Å². The molecule has 0 radical (unpaired) electrons. The van der Waals surface area contributed by atoms with Crippen LogP contribution in [0.2, 0.25) is 0 Å². The Bertz CT molecular complexity index is 611. The van der Waals surface area contributed by atoms with Crippen molar-refractivity contribution in [3.05, 3.63) is 34.9 Å². The maximum absolute atomic E-state index is 13.6. The normalized spacial score (nSPS) is 19.4. The Morgan fingerprint density at radius 2 is 1.95 bits per heavy atom. The van der Waals surface area contributed by atoms with Crippen molar-refractivity contribution >= 4 is 11.9 Å². The predicted octanol–water partition coefficient (Wildman–Crippen LogP) is 1.71. The molecular weight excluding hydrogens is 268 g/mol. The van der Waals surface area contributed by atoms with Gasteiger partial charge in [0.2, 0.25) is 5.91 Å². The van der Waals surface area contributed by atoms with E-state index < -0.39 is 28.9 Å². The lowest BCUT2D eigenvalue weighted by Crippen LogP contribution is -2.43. The molecule has 106 valence electrons. The van der Waals surface area contributed by atoms with Crippen molar-refractivity contribution in [2.75, 3.05) is 6.54 Å². The number of carbonyl (C=O) groups excluding carboxylic acids is 1. The van der Waals surface area contributed by atoms with Crippen molar-refractivity contribution in [3.8, 4) is 0 Å². The monoisotopic (exact) mass is 281 g/mol. The molecule has 1 N–H and O–H groups in total. The molecule has 3 rings (SSSR count). The maximum Gasteiger partial charge on any atom is 0.319 e. The highest BCUT2D eigenvalue weighted by molar-refractivity contribution is 6.04. The molecule has 6 heteroatoms. The third-order valence-electron chi connectivity index (χ3n) is 4.10. The molecule has 20 heavy (non-hydrogen) atoms. The van der Waals surface area contributed by atoms with Crippen molar-refractivity contribution in [2.45, 2.75) is 25.8 Å². The topological polar surface area (TPSA) is 57.6 Å². The summed E-state index contributed by atoms with van der Waals surface area (Å²) in [5.74, 6) is -2.85. The van der Waals surface area contributed by atoms with Crippen LogP contribution < -0.4 is 0 Å². The smallest absolute Gasteiger partial charge is 0.319 e. The van der Waals surface area contributed by atoms with Gasteiger partial charge in [-0.2, -0.15) is 0 Å². The molecule has 1 aliphatic heterocycles. The number of hydrogen-bond acceptors (Lipinski definition) is 2. The first kappa shape index (κ1) is 13.0. The lowest BCUT2D eigenvalue weighted by Gasteiger charge is -2.31. The van der Waals surface area contributed by atoms with Gasteiger partial charge < -0.3 is 10.0 Å². The van der Waals surface area contributed by atoms with Gasteiger partial charge in [0.15, 0.2) is 0 Å². The van der Waals surface area contributed by atoms with E-state index in [1.807, 2.05) is 0 Å². The second kappa shape index (κ2) is 4.26. The van der Waals surface area contributed by atoms with E-state index in [0.717, 1.165) is 6.07 Å². The average Bonchev–Trinajstić information content (AvgIpc) is 3.18. The summed E-state index contributed by atoms with van der Waals surface area (Å²) in [4.78, 5) is 24.8. The summed E-state index contributed by atoms with van der Waals surface area (Å²) in [5, 5.41) is 9.12. The van der Waals surface area contributed by atoms with Gasteiger partial charge in [-0.3, -0.25) is 9.59 Å². The van der Waals surface area contributed by atoms with E-state index in [0.29, 0.717) is 24.0 Å². The van der Waals surface area contributed by atoms with E-state index in [2.05, 4.69) is 0 Å². The zero-order chi connectivity index (χ0) is 14.5. The lowest BCUT2D eigenvalue weighted by molar-refractivity contribution is -0.153. The number of rotatable bonds is 2. The quantitative estimate of drug-likeness (QED) is 0.840. The molecule has 0 aromatic heterocycles. The van der Waals surface area contributed by atoms with E-state index in [-0.39, 0.29) is 19.5 Å². The van der Waals surface area contributed by atoms with Crippen LogP contribution in [-0.2, 0) is 22.6 Å². The fourth-order valence-electron chi connectivity index (χ4n) is 2.73. The molecule has 1 aliphatic carbocycles. The summed E-state index contributed by atoms with van der Waals surface area (Å²) >= 11 is 0. The second-order valence-corrected chi connectivity index (χ2v) is 5.39. The van der Waals surface area contributed by atoms with Crippen molar-refractivity contribution in [2.24, 2.45) is 5.41 Å². The highest BCUT2D eigenvalue weighted by atomic mass is 19.1. The second-order valence-electron chi connectivity index (χ2n) is 5.39. The Labute approximate surface area is 114 Å². The Balaban J connectivity index is 1.86. The van der Waals surface area contributed by atoms with Crippen LogP contribution in [0.4, 0.5) is 8.78 Å². The number of benzene rings is 1. The van der Waals surface area contributed by atoms with Gasteiger partial charge in [0.25, 0.3) is 0 Å². The fourth-order valence-corrected chi connectivity index (χ4v) is 2.73. The van der Waals surface area contributed by atoms with Crippen molar-refractivity contribution in [3.63, 3.8) is 0 Å². The van der Waals surface area contributed by atoms with Gasteiger partial charge in [0.1, 0.15) is 17.0 Å². The molecule has 1 amide bonds. The lowest BCUT2D eigenvalue weighted by atomic mass is 9.96. The molecule has 1 aromatic rings. The Morgan fingerprint density at radius 1 is 1.25 bits per heavy atom. The van der Waals surface area contributed by atoms with Crippen LogP contribution in [0.15, 0.2) is 12.1 Å². The van der Waals surface area contributed by atoms with Gasteiger partial charge in [-0.05, 0) is 36.5 Å². The van der Waals surface area contributed by atoms with Crippen molar-refractivity contribution in [1.29, 1.82) is 0 Å². The molecule has 1 aromatic carbocycles. The van der Waals surface area contributed by atoms with Crippen molar-refractivity contribution in [1.82, 2.24) is 4.90 Å². The fraction of sp³-hybridized carbons (Fsp3) is 0.429. The molecule has 0 atom stereocenters. The number of carbonyl (C=O) groups is 2. The minimum absolute atomic E-state index is 0.0673. The predicted molar refractivity (Wildman–Crippen MR) is 64.8 cm³/mol. The molecule has 4 nitrogen and oxygen atoms in total. The van der Waals surface area contributed by atoms with E-state index in [1.54, 1.807) is 0 Å². The Kier molecular flexibility index (Phi) is 2.77. The summed E-state index contributed by atoms with van der Waals surface area (Å²) in [7, 11) is 0. The first-order valence-corrected chi connectivity index (χ1v) is 6.43. The molecule has 0 unspecified atom stereocenters. The molecule has 2 aliphatic rings. The number of aliphatic carboxylic acids is 1. The first-order valence-electron chi connectivity index (χ1n) is 6.43. The number of carboxylic acid groups (broad SMARTS) is 1. The Morgan fingerprint density at radius 3 is 2.55 bits per heavy atom. The van der Waals surface area contributed by atoms with Crippen LogP contribution in [0.5, 0.6) is 0 Å². The van der Waals surface area contributed by atoms with E-state index in [4.69, 9.17) is 5.11 Å². The zero-order valence-electron chi connectivity index (χ0n) is 10.7. The van der Waals surface area contributed by atoms with Gasteiger partial charge >= 0.3 is 5.97 Å². The summed E-state index contributed by atoms with van der Waals surface area (Å²) in [6, 6.07) is 2.04. The van der Waals surface area contributed by atoms with Crippen LogP contribution in [0.3, 0.4) is 0 Å². The van der Waals surface area contributed by atoms with Crippen LogP contribution in [0, 0.1) is 17.0 Å². The SMILES string of the molecule is O=C(O)C1(C(=O)N2CCc3c(F)cc(F)cc3C2)CC1. The van der Waals surface area contributed by atoms with Crippen LogP contribution in [-0.4, -0.2) is 28.4 Å². The molecule has 1 heterocycles. The average molecular weight is 281 g/mol. The molecule has 0 bridgehead atoms. The summed E-state index contributed by atoms with van der Waals surface area (Å²) < 4.78 is 26.8. The highest BCUT2D eigenvalue weighted by Crippen LogP contribution is 2.48. The highest BCUT2D eigenvalue weighted by Gasteiger charge is 2.58. The molecule has 0 saturated heterocycles. The number of nitrogens with zero attached hydrogens (tertiary/aromatic N) is 1. The molecule has 1 saturated carbocycles. The minimum Gasteiger partial charge on any atom is -0.480 e. The van der Waals surface area contributed by atoms with Gasteiger partial charge in [0.05, 0.1) is 0 Å². The molecule has 0 spiro atoms. The van der Waals surface area contributed by atoms with Gasteiger partial charge in [-0.1, -0.05) is 0 Å². The number of halogens is 2. The zero-order valence-corrected chi connectivity index (χ0v) is 10.7. The Hall–Kier alpha value is -1.98. The number of amides is 1. The van der Waals surface area contributed by atoms with Crippen molar-refractivity contribution < 1.29 is 23.5 Å². The van der Waals surface area contributed by atoms with Gasteiger partial charge in [-0.15, -0.1) is 0 Å². The number of fused-ring (bicyclic) bond motifs is 1. The minimum atomic E-state index is -1.30. The maximum atomic E-state index is 13.6. The van der Waals surface area contributed by atoms with Gasteiger partial charge in [0, 0.05) is 19.2 Å². The van der Waals surface area contributed by atoms with E-state index in [1.165, 1.54) is 11.0 Å². The van der Waals surface area contributed by atoms with E-state index >= 15 is 0 Å². The van der Waals surface area contributed by atoms with Crippen LogP contribution in [0.25, 0.3) is 0 Å². The summed E-state index contributed by atoms with van der Waals surface area (Å²) in [6.07, 6.45) is 0.951. The largest absolute Gasteiger partial charge is 0.480 e. The molecule has 1 fully saturated rings. The van der Waals surface area contributed by atoms with Gasteiger partial charge in [-0.25, -0.2) is 8.78 Å². The first-order chi connectivity index (χ1) is 9.44. The third-order valence-corrected chi connectivity index (χ3v) is 4.10. The van der Waals surface area contributed by atoms with E-state index in [9.17, 15) is 18.4 Å².